The highest BCUT2D eigenvalue weighted by atomic mass is 79.9. The van der Waals surface area contributed by atoms with Gasteiger partial charge < -0.3 is 14.9 Å². The number of aryl methyl sites for hydroxylation is 1. The van der Waals surface area contributed by atoms with Crippen molar-refractivity contribution in [2.75, 3.05) is 31.6 Å². The lowest BCUT2D eigenvalue weighted by molar-refractivity contribution is 0.171. The van der Waals surface area contributed by atoms with Crippen LogP contribution in [0.3, 0.4) is 0 Å². The lowest BCUT2D eigenvalue weighted by Gasteiger charge is -2.45. The molecule has 3 nitrogen and oxygen atoms in total. The zero-order valence-corrected chi connectivity index (χ0v) is 12.8. The van der Waals surface area contributed by atoms with Crippen molar-refractivity contribution in [2.45, 2.75) is 25.9 Å². The van der Waals surface area contributed by atoms with Gasteiger partial charge in [0.2, 0.25) is 0 Å². The molecule has 0 bridgehead atoms. The second-order valence-electron chi connectivity index (χ2n) is 5.27. The van der Waals surface area contributed by atoms with Gasteiger partial charge in [0.05, 0.1) is 18.3 Å². The molecule has 1 saturated heterocycles. The Morgan fingerprint density at radius 2 is 2.11 bits per heavy atom. The summed E-state index contributed by atoms with van der Waals surface area (Å²) in [6.07, 6.45) is 0. The fourth-order valence-corrected chi connectivity index (χ4v) is 3.52. The van der Waals surface area contributed by atoms with Crippen LogP contribution in [0.15, 0.2) is 22.7 Å². The van der Waals surface area contributed by atoms with Crippen LogP contribution < -0.4 is 4.90 Å². The van der Waals surface area contributed by atoms with Crippen molar-refractivity contribution in [3.63, 3.8) is 0 Å². The molecule has 1 aliphatic heterocycles. The van der Waals surface area contributed by atoms with E-state index in [0.717, 1.165) is 17.6 Å². The Morgan fingerprint density at radius 1 is 1.39 bits per heavy atom. The lowest BCUT2D eigenvalue weighted by Crippen LogP contribution is -2.58. The number of hydrogen-bond donors (Lipinski definition) is 1. The van der Waals surface area contributed by atoms with E-state index in [1.807, 2.05) is 0 Å². The van der Waals surface area contributed by atoms with Crippen molar-refractivity contribution in [1.29, 1.82) is 0 Å². The molecule has 1 aromatic carbocycles. The van der Waals surface area contributed by atoms with Crippen LogP contribution in [0, 0.1) is 6.92 Å². The van der Waals surface area contributed by atoms with Crippen LogP contribution >= 0.6 is 15.9 Å². The fourth-order valence-electron chi connectivity index (χ4n) is 2.82. The number of aliphatic hydroxyl groups is 1. The van der Waals surface area contributed by atoms with Gasteiger partial charge in [-0.1, -0.05) is 6.07 Å². The van der Waals surface area contributed by atoms with Gasteiger partial charge in [0.15, 0.2) is 0 Å². The third-order valence-corrected chi connectivity index (χ3v) is 4.19. The van der Waals surface area contributed by atoms with Crippen LogP contribution in [0.2, 0.25) is 0 Å². The highest BCUT2D eigenvalue weighted by molar-refractivity contribution is 9.10. The molecule has 0 saturated carbocycles. The number of hydrogen-bond acceptors (Lipinski definition) is 3. The minimum absolute atomic E-state index is 0.165. The average molecular weight is 313 g/mol. The summed E-state index contributed by atoms with van der Waals surface area (Å²) < 4.78 is 1.11. The van der Waals surface area contributed by atoms with E-state index in [1.54, 1.807) is 0 Å². The molecule has 1 aliphatic rings. The van der Waals surface area contributed by atoms with E-state index in [-0.39, 0.29) is 12.6 Å². The third-order valence-electron chi connectivity index (χ3n) is 3.56. The van der Waals surface area contributed by atoms with Crippen LogP contribution in [-0.2, 0) is 0 Å². The van der Waals surface area contributed by atoms with Crippen LogP contribution in [0.1, 0.15) is 12.5 Å². The molecule has 1 aromatic rings. The zero-order valence-electron chi connectivity index (χ0n) is 11.2. The maximum atomic E-state index is 9.62. The summed E-state index contributed by atoms with van der Waals surface area (Å²) in [5.74, 6) is 0. The van der Waals surface area contributed by atoms with Gasteiger partial charge in [0, 0.05) is 23.6 Å². The smallest absolute Gasteiger partial charge is 0.0651 e. The minimum Gasteiger partial charge on any atom is -0.394 e. The predicted molar refractivity (Wildman–Crippen MR) is 79.2 cm³/mol. The normalized spacial score (nSPS) is 25.5. The van der Waals surface area contributed by atoms with Crippen LogP contribution in [-0.4, -0.2) is 48.8 Å². The first-order valence-corrected chi connectivity index (χ1v) is 7.16. The van der Waals surface area contributed by atoms with Crippen molar-refractivity contribution >= 4 is 21.6 Å². The van der Waals surface area contributed by atoms with Crippen molar-refractivity contribution < 1.29 is 5.11 Å². The number of likely N-dealkylation sites (N-methyl/N-ethyl adjacent to an activating group) is 1. The number of piperazine rings is 1. The van der Waals surface area contributed by atoms with E-state index in [4.69, 9.17) is 0 Å². The van der Waals surface area contributed by atoms with Crippen molar-refractivity contribution in [2.24, 2.45) is 0 Å². The van der Waals surface area contributed by atoms with Gasteiger partial charge in [0.1, 0.15) is 0 Å². The molecule has 100 valence electrons. The molecule has 0 spiro atoms. The summed E-state index contributed by atoms with van der Waals surface area (Å²) in [4.78, 5) is 4.62. The van der Waals surface area contributed by atoms with E-state index < -0.39 is 0 Å². The summed E-state index contributed by atoms with van der Waals surface area (Å²) in [6, 6.07) is 6.97. The molecule has 4 heteroatoms. The fraction of sp³-hybridized carbons (Fsp3) is 0.571. The van der Waals surface area contributed by atoms with Gasteiger partial charge in [-0.15, -0.1) is 0 Å². The lowest BCUT2D eigenvalue weighted by atomic mass is 10.1. The first-order chi connectivity index (χ1) is 8.52. The number of aliphatic hydroxyl groups excluding tert-OH is 1. The Morgan fingerprint density at radius 3 is 2.72 bits per heavy atom. The predicted octanol–water partition coefficient (Wildman–Crippen LogP) is 2.26. The standard InChI is InChI=1S/C14H21BrN2O/c1-10-4-5-14(13(15)6-10)17-11(2)7-16(3)8-12(17)9-18/h4-6,11-12,18H,7-9H2,1-3H3. The topological polar surface area (TPSA) is 26.7 Å². The second kappa shape index (κ2) is 5.59. The molecule has 2 atom stereocenters. The Balaban J connectivity index is 2.34. The summed E-state index contributed by atoms with van der Waals surface area (Å²) in [7, 11) is 2.11. The van der Waals surface area contributed by atoms with Crippen molar-refractivity contribution in [3.05, 3.63) is 28.2 Å². The zero-order chi connectivity index (χ0) is 13.3. The summed E-state index contributed by atoms with van der Waals surface area (Å²) in [5.41, 5.74) is 2.42. The summed E-state index contributed by atoms with van der Waals surface area (Å²) in [6.45, 7) is 6.42. The Labute approximate surface area is 118 Å². The molecular formula is C14H21BrN2O. The molecule has 0 amide bonds. The summed E-state index contributed by atoms with van der Waals surface area (Å²) >= 11 is 3.65. The van der Waals surface area contributed by atoms with Crippen LogP contribution in [0.5, 0.6) is 0 Å². The highest BCUT2D eigenvalue weighted by Crippen LogP contribution is 2.32. The van der Waals surface area contributed by atoms with Gasteiger partial charge >= 0.3 is 0 Å². The number of anilines is 1. The molecular weight excluding hydrogens is 292 g/mol. The van der Waals surface area contributed by atoms with E-state index in [0.29, 0.717) is 6.04 Å². The molecule has 1 heterocycles. The van der Waals surface area contributed by atoms with Gasteiger partial charge in [-0.25, -0.2) is 0 Å². The van der Waals surface area contributed by atoms with Gasteiger partial charge in [0.25, 0.3) is 0 Å². The molecule has 18 heavy (non-hydrogen) atoms. The maximum Gasteiger partial charge on any atom is 0.0651 e. The van der Waals surface area contributed by atoms with Crippen molar-refractivity contribution in [1.82, 2.24) is 4.90 Å². The third kappa shape index (κ3) is 2.71. The maximum absolute atomic E-state index is 9.62. The van der Waals surface area contributed by atoms with E-state index in [2.05, 4.69) is 64.8 Å². The quantitative estimate of drug-likeness (QED) is 0.907. The number of nitrogens with zero attached hydrogens (tertiary/aromatic N) is 2. The monoisotopic (exact) mass is 312 g/mol. The van der Waals surface area contributed by atoms with E-state index in [9.17, 15) is 5.11 Å². The molecule has 0 aliphatic carbocycles. The first-order valence-electron chi connectivity index (χ1n) is 6.37. The van der Waals surface area contributed by atoms with Gasteiger partial charge in [-0.3, -0.25) is 0 Å². The first kappa shape index (κ1) is 13.8. The molecule has 2 rings (SSSR count). The van der Waals surface area contributed by atoms with Gasteiger partial charge in [-0.05, 0) is 54.5 Å². The summed E-state index contributed by atoms with van der Waals surface area (Å²) in [5, 5.41) is 9.62. The molecule has 1 N–H and O–H groups in total. The van der Waals surface area contributed by atoms with Crippen molar-refractivity contribution in [3.8, 4) is 0 Å². The van der Waals surface area contributed by atoms with Gasteiger partial charge in [-0.2, -0.15) is 0 Å². The average Bonchev–Trinajstić information content (AvgIpc) is 2.29. The number of rotatable bonds is 2. The second-order valence-corrected chi connectivity index (χ2v) is 6.12. The largest absolute Gasteiger partial charge is 0.394 e. The van der Waals surface area contributed by atoms with E-state index >= 15 is 0 Å². The molecule has 0 radical (unpaired) electrons. The number of benzene rings is 1. The number of halogens is 1. The Hall–Kier alpha value is -0.580. The molecule has 1 fully saturated rings. The Bertz CT molecular complexity index is 424. The van der Waals surface area contributed by atoms with Crippen LogP contribution in [0.4, 0.5) is 5.69 Å². The van der Waals surface area contributed by atoms with Crippen LogP contribution in [0.25, 0.3) is 0 Å². The highest BCUT2D eigenvalue weighted by Gasteiger charge is 2.31. The Kier molecular flexibility index (Phi) is 4.30. The molecule has 2 unspecified atom stereocenters. The minimum atomic E-state index is 0.165. The molecule has 0 aromatic heterocycles. The van der Waals surface area contributed by atoms with E-state index in [1.165, 1.54) is 11.3 Å². The SMILES string of the molecule is Cc1ccc(N2C(C)CN(C)CC2CO)c(Br)c1.